The second-order valence-corrected chi connectivity index (χ2v) is 7.90. The van der Waals surface area contributed by atoms with Crippen molar-refractivity contribution in [2.75, 3.05) is 19.6 Å². The largest absolute Gasteiger partial charge is 0.330 e. The van der Waals surface area contributed by atoms with Crippen LogP contribution in [-0.2, 0) is 0 Å². The van der Waals surface area contributed by atoms with Crippen molar-refractivity contribution in [1.82, 2.24) is 4.90 Å². The molecule has 0 aromatic rings. The van der Waals surface area contributed by atoms with E-state index >= 15 is 0 Å². The maximum atomic E-state index is 5.69. The molecule has 1 aliphatic carbocycles. The standard InChI is InChI=1S/C18H36N2/c1-4-18(2,3)16-5-7-17(8-6-16)20-13-10-15(9-12-19)11-14-20/h15-17H,4-14,19H2,1-3H3. The smallest absolute Gasteiger partial charge is 0.00954 e. The van der Waals surface area contributed by atoms with Gasteiger partial charge in [-0.25, -0.2) is 0 Å². The van der Waals surface area contributed by atoms with Crippen molar-refractivity contribution in [3.63, 3.8) is 0 Å². The number of rotatable bonds is 5. The first-order chi connectivity index (χ1) is 9.56. The summed E-state index contributed by atoms with van der Waals surface area (Å²) in [6, 6.07) is 0.887. The van der Waals surface area contributed by atoms with E-state index in [2.05, 4.69) is 25.7 Å². The predicted octanol–water partition coefficient (Wildman–Crippen LogP) is 4.04. The van der Waals surface area contributed by atoms with Crippen LogP contribution in [-0.4, -0.2) is 30.6 Å². The van der Waals surface area contributed by atoms with Gasteiger partial charge in [0.15, 0.2) is 0 Å². The molecule has 20 heavy (non-hydrogen) atoms. The summed E-state index contributed by atoms with van der Waals surface area (Å²) in [6.07, 6.45) is 11.1. The zero-order chi connectivity index (χ0) is 14.6. The van der Waals surface area contributed by atoms with Gasteiger partial charge < -0.3 is 10.6 Å². The Morgan fingerprint density at radius 1 is 1.00 bits per heavy atom. The van der Waals surface area contributed by atoms with Gasteiger partial charge >= 0.3 is 0 Å². The Morgan fingerprint density at radius 3 is 2.10 bits per heavy atom. The second kappa shape index (κ2) is 7.26. The number of piperidine rings is 1. The molecule has 1 heterocycles. The summed E-state index contributed by atoms with van der Waals surface area (Å²) in [7, 11) is 0. The lowest BCUT2D eigenvalue weighted by Crippen LogP contribution is -2.44. The van der Waals surface area contributed by atoms with Crippen LogP contribution < -0.4 is 5.73 Å². The van der Waals surface area contributed by atoms with Crippen molar-refractivity contribution in [3.8, 4) is 0 Å². The monoisotopic (exact) mass is 280 g/mol. The maximum absolute atomic E-state index is 5.69. The molecule has 2 fully saturated rings. The molecular formula is C18H36N2. The van der Waals surface area contributed by atoms with Crippen molar-refractivity contribution in [1.29, 1.82) is 0 Å². The van der Waals surface area contributed by atoms with Crippen LogP contribution >= 0.6 is 0 Å². The van der Waals surface area contributed by atoms with E-state index in [1.54, 1.807) is 0 Å². The summed E-state index contributed by atoms with van der Waals surface area (Å²) in [5.74, 6) is 1.87. The molecule has 1 saturated carbocycles. The van der Waals surface area contributed by atoms with Crippen LogP contribution in [0.25, 0.3) is 0 Å². The molecule has 2 aliphatic rings. The third-order valence-corrected chi connectivity index (χ3v) is 6.45. The minimum atomic E-state index is 0.555. The van der Waals surface area contributed by atoms with Crippen LogP contribution in [0.5, 0.6) is 0 Å². The molecule has 0 aromatic carbocycles. The van der Waals surface area contributed by atoms with Gasteiger partial charge in [0.1, 0.15) is 0 Å². The Hall–Kier alpha value is -0.0800. The van der Waals surface area contributed by atoms with E-state index < -0.39 is 0 Å². The lowest BCUT2D eigenvalue weighted by atomic mass is 9.68. The third kappa shape index (κ3) is 3.98. The zero-order valence-corrected chi connectivity index (χ0v) is 14.0. The molecule has 0 radical (unpaired) electrons. The first-order valence-corrected chi connectivity index (χ1v) is 9.01. The molecule has 0 amide bonds. The first-order valence-electron chi connectivity index (χ1n) is 9.01. The van der Waals surface area contributed by atoms with Gasteiger partial charge in [-0.1, -0.05) is 27.2 Å². The average Bonchev–Trinajstić information content (AvgIpc) is 2.48. The SMILES string of the molecule is CCC(C)(C)C1CCC(N2CCC(CCN)CC2)CC1. The van der Waals surface area contributed by atoms with E-state index in [9.17, 15) is 0 Å². The van der Waals surface area contributed by atoms with Gasteiger partial charge in [-0.15, -0.1) is 0 Å². The van der Waals surface area contributed by atoms with Crippen LogP contribution in [0.1, 0.15) is 72.1 Å². The molecule has 0 atom stereocenters. The Balaban J connectivity index is 1.75. The second-order valence-electron chi connectivity index (χ2n) is 7.90. The number of hydrogen-bond acceptors (Lipinski definition) is 2. The molecule has 0 aromatic heterocycles. The van der Waals surface area contributed by atoms with Gasteiger partial charge in [-0.3, -0.25) is 0 Å². The predicted molar refractivity (Wildman–Crippen MR) is 87.8 cm³/mol. The highest BCUT2D eigenvalue weighted by molar-refractivity contribution is 4.87. The molecule has 118 valence electrons. The number of likely N-dealkylation sites (tertiary alicyclic amines) is 1. The van der Waals surface area contributed by atoms with Crippen molar-refractivity contribution >= 4 is 0 Å². The van der Waals surface area contributed by atoms with Gasteiger partial charge in [0.05, 0.1) is 0 Å². The quantitative estimate of drug-likeness (QED) is 0.823. The fraction of sp³-hybridized carbons (Fsp3) is 1.00. The lowest BCUT2D eigenvalue weighted by Gasteiger charge is -2.44. The fourth-order valence-electron chi connectivity index (χ4n) is 4.35. The van der Waals surface area contributed by atoms with Crippen molar-refractivity contribution in [2.45, 2.75) is 78.2 Å². The van der Waals surface area contributed by atoms with E-state index in [1.807, 2.05) is 0 Å². The fourth-order valence-corrected chi connectivity index (χ4v) is 4.35. The van der Waals surface area contributed by atoms with Crippen LogP contribution in [0.15, 0.2) is 0 Å². The van der Waals surface area contributed by atoms with Crippen molar-refractivity contribution in [3.05, 3.63) is 0 Å². The van der Waals surface area contributed by atoms with Crippen LogP contribution in [0.3, 0.4) is 0 Å². The topological polar surface area (TPSA) is 29.3 Å². The summed E-state index contributed by atoms with van der Waals surface area (Å²) in [6.45, 7) is 10.8. The highest BCUT2D eigenvalue weighted by Crippen LogP contribution is 2.41. The Bertz CT molecular complexity index is 271. The van der Waals surface area contributed by atoms with Crippen molar-refractivity contribution in [2.24, 2.45) is 23.0 Å². The minimum Gasteiger partial charge on any atom is -0.330 e. The Kier molecular flexibility index (Phi) is 5.92. The van der Waals surface area contributed by atoms with Gasteiger partial charge in [0.25, 0.3) is 0 Å². The van der Waals surface area contributed by atoms with E-state index in [-0.39, 0.29) is 0 Å². The summed E-state index contributed by atoms with van der Waals surface area (Å²) in [5.41, 5.74) is 6.25. The average molecular weight is 280 g/mol. The van der Waals surface area contributed by atoms with Gasteiger partial charge in [0, 0.05) is 6.04 Å². The first kappa shape index (κ1) is 16.3. The van der Waals surface area contributed by atoms with E-state index in [4.69, 9.17) is 5.73 Å². The van der Waals surface area contributed by atoms with E-state index in [0.29, 0.717) is 5.41 Å². The highest BCUT2D eigenvalue weighted by atomic mass is 15.2. The normalized spacial score (nSPS) is 30.6. The lowest BCUT2D eigenvalue weighted by molar-refractivity contribution is 0.0630. The third-order valence-electron chi connectivity index (χ3n) is 6.45. The molecule has 1 saturated heterocycles. The molecule has 1 aliphatic heterocycles. The maximum Gasteiger partial charge on any atom is 0.00954 e. The van der Waals surface area contributed by atoms with Gasteiger partial charge in [-0.05, 0) is 81.8 Å². The summed E-state index contributed by atoms with van der Waals surface area (Å²) in [5, 5.41) is 0. The molecular weight excluding hydrogens is 244 g/mol. The molecule has 2 nitrogen and oxygen atoms in total. The van der Waals surface area contributed by atoms with Gasteiger partial charge in [0.2, 0.25) is 0 Å². The number of hydrogen-bond donors (Lipinski definition) is 1. The number of nitrogens with zero attached hydrogens (tertiary/aromatic N) is 1. The molecule has 0 bridgehead atoms. The van der Waals surface area contributed by atoms with E-state index in [1.165, 1.54) is 64.5 Å². The van der Waals surface area contributed by atoms with Crippen LogP contribution in [0.2, 0.25) is 0 Å². The Morgan fingerprint density at radius 2 is 1.60 bits per heavy atom. The zero-order valence-electron chi connectivity index (χ0n) is 14.0. The molecule has 0 spiro atoms. The molecule has 2 N–H and O–H groups in total. The van der Waals surface area contributed by atoms with Gasteiger partial charge in [-0.2, -0.15) is 0 Å². The highest BCUT2D eigenvalue weighted by Gasteiger charge is 2.34. The minimum absolute atomic E-state index is 0.555. The van der Waals surface area contributed by atoms with Crippen LogP contribution in [0, 0.1) is 17.3 Å². The number of nitrogens with two attached hydrogens (primary N) is 1. The Labute approximate surface area is 126 Å². The summed E-state index contributed by atoms with van der Waals surface area (Å²) in [4.78, 5) is 2.79. The van der Waals surface area contributed by atoms with E-state index in [0.717, 1.165) is 24.4 Å². The van der Waals surface area contributed by atoms with Crippen molar-refractivity contribution < 1.29 is 0 Å². The molecule has 2 rings (SSSR count). The molecule has 0 unspecified atom stereocenters. The molecule has 2 heteroatoms. The summed E-state index contributed by atoms with van der Waals surface area (Å²) >= 11 is 0. The van der Waals surface area contributed by atoms with Crippen LogP contribution in [0.4, 0.5) is 0 Å². The summed E-state index contributed by atoms with van der Waals surface area (Å²) < 4.78 is 0.